The molecular formula is C34H43BrN10O3S. The highest BCUT2D eigenvalue weighted by molar-refractivity contribution is 9.10. The van der Waals surface area contributed by atoms with Crippen molar-refractivity contribution in [1.29, 1.82) is 0 Å². The molecule has 0 atom stereocenters. The highest BCUT2D eigenvalue weighted by Gasteiger charge is 2.40. The zero-order chi connectivity index (χ0) is 34.3. The van der Waals surface area contributed by atoms with Crippen molar-refractivity contribution in [3.8, 4) is 5.75 Å². The van der Waals surface area contributed by atoms with Crippen molar-refractivity contribution >= 4 is 71.5 Å². The van der Waals surface area contributed by atoms with E-state index in [0.717, 1.165) is 63.4 Å². The summed E-state index contributed by atoms with van der Waals surface area (Å²) in [6.45, 7) is 8.75. The number of hydrogen-bond acceptors (Lipinski definition) is 12. The van der Waals surface area contributed by atoms with E-state index >= 15 is 0 Å². The van der Waals surface area contributed by atoms with Gasteiger partial charge in [-0.25, -0.2) is 13.4 Å². The van der Waals surface area contributed by atoms with E-state index in [-0.39, 0.29) is 0 Å². The van der Waals surface area contributed by atoms with Crippen LogP contribution in [0, 0.1) is 6.92 Å². The van der Waals surface area contributed by atoms with Gasteiger partial charge in [-0.05, 0) is 79.3 Å². The molecule has 4 heterocycles. The second kappa shape index (κ2) is 13.8. The SMILES string of the molecule is COc1cc(N2CCC(N3CCN(C)CC3)CC2)c(C)cc1Nc1ncc(Br)c(Nc2ccc3nccnc3c2N(C)S(=O)(=O)C2CC2)n1. The first kappa shape index (κ1) is 33.7. The normalized spacial score (nSPS) is 18.1. The van der Waals surface area contributed by atoms with Crippen LogP contribution in [0.25, 0.3) is 11.0 Å². The Balaban J connectivity index is 1.11. The number of anilines is 6. The molecule has 0 radical (unpaired) electrons. The van der Waals surface area contributed by atoms with Crippen molar-refractivity contribution in [3.05, 3.63) is 52.9 Å². The second-order valence-corrected chi connectivity index (χ2v) is 16.2. The summed E-state index contributed by atoms with van der Waals surface area (Å²) in [5.74, 6) is 1.50. The number of ether oxygens (including phenoxy) is 1. The zero-order valence-electron chi connectivity index (χ0n) is 28.4. The third-order valence-electron chi connectivity index (χ3n) is 9.88. The number of benzene rings is 2. The minimum absolute atomic E-state index is 0.352. The molecule has 260 valence electrons. The van der Waals surface area contributed by atoms with E-state index in [4.69, 9.17) is 9.72 Å². The molecule has 1 aliphatic carbocycles. The Labute approximate surface area is 296 Å². The molecule has 2 aromatic heterocycles. The number of piperazine rings is 1. The number of likely N-dealkylation sites (N-methyl/N-ethyl adjacent to an activating group) is 1. The molecule has 15 heteroatoms. The number of rotatable bonds is 10. The predicted octanol–water partition coefficient (Wildman–Crippen LogP) is 5.13. The van der Waals surface area contributed by atoms with Gasteiger partial charge in [0.15, 0.2) is 0 Å². The number of piperidine rings is 1. The lowest BCUT2D eigenvalue weighted by Crippen LogP contribution is -2.52. The van der Waals surface area contributed by atoms with Gasteiger partial charge in [0.05, 0.1) is 33.7 Å². The summed E-state index contributed by atoms with van der Waals surface area (Å²) in [6.07, 6.45) is 8.42. The lowest BCUT2D eigenvalue weighted by Gasteiger charge is -2.43. The number of aryl methyl sites for hydroxylation is 1. The molecule has 49 heavy (non-hydrogen) atoms. The van der Waals surface area contributed by atoms with E-state index in [9.17, 15) is 8.42 Å². The van der Waals surface area contributed by atoms with Gasteiger partial charge in [-0.2, -0.15) is 4.98 Å². The van der Waals surface area contributed by atoms with Gasteiger partial charge < -0.3 is 25.2 Å². The number of fused-ring (bicyclic) bond motifs is 1. The summed E-state index contributed by atoms with van der Waals surface area (Å²) in [5, 5.41) is 6.30. The van der Waals surface area contributed by atoms with Crippen LogP contribution < -0.4 is 24.6 Å². The summed E-state index contributed by atoms with van der Waals surface area (Å²) in [6, 6.07) is 8.43. The van der Waals surface area contributed by atoms with E-state index < -0.39 is 15.3 Å². The summed E-state index contributed by atoms with van der Waals surface area (Å²) in [7, 11) is 1.87. The standard InChI is InChI=1S/C34H43BrN10O3S/c1-22-19-28(30(48-4)20-29(22)45-13-9-23(10-14-45)44-17-15-42(2)16-18-44)40-34-38-21-25(35)33(41-34)39-27-8-7-26-31(37-12-11-36-26)32(27)43(3)49(46,47)24-5-6-24/h7-8,11-12,19-21,23-24H,5-6,9-10,13-18H2,1-4H3,(H2,38,39,40,41). The summed E-state index contributed by atoms with van der Waals surface area (Å²) >= 11 is 3.57. The average Bonchev–Trinajstić information content (AvgIpc) is 3.97. The molecule has 3 aliphatic rings. The van der Waals surface area contributed by atoms with Crippen molar-refractivity contribution in [2.45, 2.75) is 43.9 Å². The summed E-state index contributed by atoms with van der Waals surface area (Å²) in [4.78, 5) is 25.7. The number of methoxy groups -OCH3 is 1. The third kappa shape index (κ3) is 6.98. The van der Waals surface area contributed by atoms with Gasteiger partial charge in [0.25, 0.3) is 0 Å². The average molecular weight is 752 g/mol. The van der Waals surface area contributed by atoms with E-state index in [2.05, 4.69) is 82.3 Å². The summed E-state index contributed by atoms with van der Waals surface area (Å²) in [5.41, 5.74) is 5.08. The van der Waals surface area contributed by atoms with Crippen molar-refractivity contribution in [2.24, 2.45) is 0 Å². The molecule has 0 unspecified atom stereocenters. The van der Waals surface area contributed by atoms with E-state index in [0.29, 0.717) is 63.3 Å². The molecule has 2 saturated heterocycles. The highest BCUT2D eigenvalue weighted by atomic mass is 79.9. The molecule has 0 bridgehead atoms. The number of aromatic nitrogens is 4. The van der Waals surface area contributed by atoms with Crippen LogP contribution in [0.1, 0.15) is 31.2 Å². The molecule has 2 aliphatic heterocycles. The van der Waals surface area contributed by atoms with Gasteiger partial charge in [-0.1, -0.05) is 0 Å². The van der Waals surface area contributed by atoms with E-state index in [1.165, 1.54) is 9.99 Å². The topological polar surface area (TPSA) is 132 Å². The first-order valence-corrected chi connectivity index (χ1v) is 19.1. The first-order valence-electron chi connectivity index (χ1n) is 16.8. The molecular weight excluding hydrogens is 708 g/mol. The Morgan fingerprint density at radius 2 is 1.67 bits per heavy atom. The van der Waals surface area contributed by atoms with Crippen molar-refractivity contribution in [2.75, 3.05) is 80.3 Å². The fraction of sp³-hybridized carbons (Fsp3) is 0.471. The van der Waals surface area contributed by atoms with Gasteiger partial charge in [-0.3, -0.25) is 19.2 Å². The number of nitrogens with one attached hydrogen (secondary N) is 2. The molecule has 3 fully saturated rings. The number of halogens is 1. The monoisotopic (exact) mass is 750 g/mol. The van der Waals surface area contributed by atoms with Gasteiger partial charge in [0.1, 0.15) is 22.8 Å². The molecule has 13 nitrogen and oxygen atoms in total. The van der Waals surface area contributed by atoms with Crippen LogP contribution in [0.5, 0.6) is 5.75 Å². The zero-order valence-corrected chi connectivity index (χ0v) is 30.8. The van der Waals surface area contributed by atoms with Crippen LogP contribution in [0.2, 0.25) is 0 Å². The molecule has 2 N–H and O–H groups in total. The maximum Gasteiger partial charge on any atom is 0.237 e. The Morgan fingerprint density at radius 1 is 0.939 bits per heavy atom. The molecule has 0 amide bonds. The molecule has 4 aromatic rings. The third-order valence-corrected chi connectivity index (χ3v) is 12.7. The van der Waals surface area contributed by atoms with E-state index in [1.807, 2.05) is 6.07 Å². The Morgan fingerprint density at radius 3 is 2.39 bits per heavy atom. The van der Waals surface area contributed by atoms with Gasteiger partial charge in [-0.15, -0.1) is 0 Å². The summed E-state index contributed by atoms with van der Waals surface area (Å²) < 4.78 is 34.5. The van der Waals surface area contributed by atoms with Crippen LogP contribution in [-0.2, 0) is 10.0 Å². The first-order chi connectivity index (χ1) is 23.6. The quantitative estimate of drug-likeness (QED) is 0.223. The van der Waals surface area contributed by atoms with Gasteiger partial charge in [0, 0.05) is 82.7 Å². The Hall–Kier alpha value is -3.79. The molecule has 2 aromatic carbocycles. The van der Waals surface area contributed by atoms with Crippen LogP contribution >= 0.6 is 15.9 Å². The van der Waals surface area contributed by atoms with Crippen molar-refractivity contribution in [3.63, 3.8) is 0 Å². The maximum absolute atomic E-state index is 13.4. The van der Waals surface area contributed by atoms with E-state index in [1.54, 1.807) is 38.8 Å². The number of nitrogens with zero attached hydrogens (tertiary/aromatic N) is 8. The Bertz CT molecular complexity index is 1940. The van der Waals surface area contributed by atoms with Crippen molar-refractivity contribution < 1.29 is 13.2 Å². The smallest absolute Gasteiger partial charge is 0.237 e. The van der Waals surface area contributed by atoms with Gasteiger partial charge >= 0.3 is 0 Å². The maximum atomic E-state index is 13.4. The minimum Gasteiger partial charge on any atom is -0.494 e. The lowest BCUT2D eigenvalue weighted by atomic mass is 10.0. The fourth-order valence-electron chi connectivity index (χ4n) is 6.86. The van der Waals surface area contributed by atoms with Crippen LogP contribution in [0.4, 0.5) is 34.5 Å². The molecule has 1 saturated carbocycles. The number of sulfonamides is 1. The van der Waals surface area contributed by atoms with Gasteiger partial charge in [0.2, 0.25) is 16.0 Å². The minimum atomic E-state index is -3.57. The molecule has 7 rings (SSSR count). The lowest BCUT2D eigenvalue weighted by molar-refractivity contribution is 0.0982. The van der Waals surface area contributed by atoms with Crippen LogP contribution in [0.15, 0.2) is 47.3 Å². The second-order valence-electron chi connectivity index (χ2n) is 13.1. The number of hydrogen-bond donors (Lipinski definition) is 2. The molecule has 0 spiro atoms. The highest BCUT2D eigenvalue weighted by Crippen LogP contribution is 2.41. The van der Waals surface area contributed by atoms with Crippen LogP contribution in [0.3, 0.4) is 0 Å². The van der Waals surface area contributed by atoms with Crippen LogP contribution in [-0.4, -0.2) is 110 Å². The fourth-order valence-corrected chi connectivity index (χ4v) is 8.77. The largest absolute Gasteiger partial charge is 0.494 e. The van der Waals surface area contributed by atoms with Crippen molar-refractivity contribution in [1.82, 2.24) is 29.7 Å². The predicted molar refractivity (Wildman–Crippen MR) is 198 cm³/mol. The Kier molecular flexibility index (Phi) is 9.52.